The summed E-state index contributed by atoms with van der Waals surface area (Å²) in [6.45, 7) is 1.83. The summed E-state index contributed by atoms with van der Waals surface area (Å²) in [4.78, 5) is 12.8. The zero-order valence-electron chi connectivity index (χ0n) is 11.3. The van der Waals surface area contributed by atoms with Crippen LogP contribution in [0.5, 0.6) is 0 Å². The Bertz CT molecular complexity index is 919. The molecule has 2 heterocycles. The van der Waals surface area contributed by atoms with Crippen LogP contribution >= 0.6 is 11.8 Å². The SMILES string of the molecule is Cc1coc(Sc2ncnc3ccc(S(C)(=O)=O)cc23)n1. The van der Waals surface area contributed by atoms with Gasteiger partial charge in [-0.15, -0.1) is 0 Å². The standard InChI is InChI=1S/C13H11N3O3S2/c1-8-6-19-13(16-8)20-12-10-5-9(21(2,17)18)3-4-11(10)14-7-15-12/h3-7H,1-2H3. The molecule has 8 heteroatoms. The molecular weight excluding hydrogens is 310 g/mol. The van der Waals surface area contributed by atoms with Gasteiger partial charge in [0, 0.05) is 11.6 Å². The van der Waals surface area contributed by atoms with Crippen LogP contribution in [0.1, 0.15) is 5.69 Å². The van der Waals surface area contributed by atoms with Gasteiger partial charge in [0.1, 0.15) is 17.6 Å². The molecule has 0 radical (unpaired) electrons. The minimum absolute atomic E-state index is 0.232. The first-order chi connectivity index (χ1) is 9.93. The van der Waals surface area contributed by atoms with Crippen LogP contribution in [0, 0.1) is 6.92 Å². The summed E-state index contributed by atoms with van der Waals surface area (Å²) in [5.74, 6) is 0. The van der Waals surface area contributed by atoms with Crippen molar-refractivity contribution in [3.63, 3.8) is 0 Å². The monoisotopic (exact) mass is 321 g/mol. The lowest BCUT2D eigenvalue weighted by molar-refractivity contribution is 0.454. The van der Waals surface area contributed by atoms with Crippen molar-refractivity contribution in [2.45, 2.75) is 22.1 Å². The van der Waals surface area contributed by atoms with E-state index in [4.69, 9.17) is 4.42 Å². The average molecular weight is 321 g/mol. The molecule has 0 fully saturated rings. The smallest absolute Gasteiger partial charge is 0.262 e. The Kier molecular flexibility index (Phi) is 3.42. The number of fused-ring (bicyclic) bond motifs is 1. The maximum atomic E-state index is 11.7. The van der Waals surface area contributed by atoms with Crippen molar-refractivity contribution in [3.05, 3.63) is 36.5 Å². The highest BCUT2D eigenvalue weighted by molar-refractivity contribution is 7.99. The molecule has 0 aliphatic carbocycles. The molecule has 0 spiro atoms. The van der Waals surface area contributed by atoms with Gasteiger partial charge in [-0.1, -0.05) is 0 Å². The summed E-state index contributed by atoms with van der Waals surface area (Å²) in [6, 6.07) is 4.77. The fraction of sp³-hybridized carbons (Fsp3) is 0.154. The lowest BCUT2D eigenvalue weighted by Crippen LogP contribution is -1.97. The Hall–Kier alpha value is -1.93. The van der Waals surface area contributed by atoms with Crippen molar-refractivity contribution in [2.75, 3.05) is 6.26 Å². The number of benzene rings is 1. The second kappa shape index (κ2) is 5.12. The maximum absolute atomic E-state index is 11.7. The second-order valence-electron chi connectivity index (χ2n) is 4.49. The Balaban J connectivity index is 2.13. The van der Waals surface area contributed by atoms with Crippen LogP contribution < -0.4 is 0 Å². The van der Waals surface area contributed by atoms with Gasteiger partial charge < -0.3 is 4.42 Å². The van der Waals surface area contributed by atoms with Crippen LogP contribution in [0.3, 0.4) is 0 Å². The molecule has 6 nitrogen and oxygen atoms in total. The van der Waals surface area contributed by atoms with E-state index in [1.54, 1.807) is 18.4 Å². The zero-order chi connectivity index (χ0) is 15.0. The van der Waals surface area contributed by atoms with E-state index < -0.39 is 9.84 Å². The van der Waals surface area contributed by atoms with Crippen molar-refractivity contribution < 1.29 is 12.8 Å². The van der Waals surface area contributed by atoms with E-state index in [2.05, 4.69) is 15.0 Å². The van der Waals surface area contributed by atoms with E-state index in [9.17, 15) is 8.42 Å². The summed E-state index contributed by atoms with van der Waals surface area (Å²) >= 11 is 1.23. The van der Waals surface area contributed by atoms with Crippen LogP contribution in [-0.4, -0.2) is 29.6 Å². The second-order valence-corrected chi connectivity index (χ2v) is 7.44. The van der Waals surface area contributed by atoms with Gasteiger partial charge in [0.25, 0.3) is 5.22 Å². The van der Waals surface area contributed by atoms with Crippen molar-refractivity contribution in [1.82, 2.24) is 15.0 Å². The fourth-order valence-corrected chi connectivity index (χ4v) is 3.26. The third-order valence-electron chi connectivity index (χ3n) is 2.78. The highest BCUT2D eigenvalue weighted by Gasteiger charge is 2.13. The van der Waals surface area contributed by atoms with Gasteiger partial charge in [0.05, 0.1) is 16.1 Å². The Morgan fingerprint density at radius 1 is 1.24 bits per heavy atom. The van der Waals surface area contributed by atoms with Gasteiger partial charge in [-0.05, 0) is 36.9 Å². The van der Waals surface area contributed by atoms with E-state index in [1.165, 1.54) is 30.4 Å². The van der Waals surface area contributed by atoms with Crippen molar-refractivity contribution >= 4 is 32.5 Å². The normalized spacial score (nSPS) is 11.9. The van der Waals surface area contributed by atoms with Crippen LogP contribution in [0.25, 0.3) is 10.9 Å². The average Bonchev–Trinajstić information content (AvgIpc) is 2.83. The molecule has 0 saturated heterocycles. The van der Waals surface area contributed by atoms with E-state index in [-0.39, 0.29) is 4.90 Å². The first-order valence-electron chi connectivity index (χ1n) is 5.98. The van der Waals surface area contributed by atoms with Crippen molar-refractivity contribution in [3.8, 4) is 0 Å². The molecule has 0 amide bonds. The number of rotatable bonds is 3. The van der Waals surface area contributed by atoms with Gasteiger partial charge in [-0.2, -0.15) is 0 Å². The molecule has 3 aromatic rings. The first kappa shape index (κ1) is 14.0. The number of nitrogens with zero attached hydrogens (tertiary/aromatic N) is 3. The number of hydrogen-bond acceptors (Lipinski definition) is 7. The molecule has 0 atom stereocenters. The molecule has 0 aliphatic rings. The van der Waals surface area contributed by atoms with E-state index in [0.29, 0.717) is 21.2 Å². The summed E-state index contributed by atoms with van der Waals surface area (Å²) < 4.78 is 28.6. The topological polar surface area (TPSA) is 86.0 Å². The predicted octanol–water partition coefficient (Wildman–Crippen LogP) is 2.48. The number of hydrogen-bond donors (Lipinski definition) is 0. The maximum Gasteiger partial charge on any atom is 0.262 e. The molecular formula is C13H11N3O3S2. The summed E-state index contributed by atoms with van der Waals surface area (Å²) in [5.41, 5.74) is 1.44. The summed E-state index contributed by atoms with van der Waals surface area (Å²) in [5, 5.41) is 1.71. The molecule has 21 heavy (non-hydrogen) atoms. The Morgan fingerprint density at radius 3 is 2.71 bits per heavy atom. The number of oxazole rings is 1. The third-order valence-corrected chi connectivity index (χ3v) is 4.77. The minimum atomic E-state index is -3.28. The molecule has 0 bridgehead atoms. The van der Waals surface area contributed by atoms with Gasteiger partial charge in [-0.25, -0.2) is 23.4 Å². The Labute approximate surface area is 125 Å². The molecule has 1 aromatic carbocycles. The molecule has 0 N–H and O–H groups in total. The van der Waals surface area contributed by atoms with Crippen LogP contribution in [0.4, 0.5) is 0 Å². The molecule has 3 rings (SSSR count). The van der Waals surface area contributed by atoms with Crippen molar-refractivity contribution in [1.29, 1.82) is 0 Å². The minimum Gasteiger partial charge on any atom is -0.439 e. The fourth-order valence-electron chi connectivity index (χ4n) is 1.79. The van der Waals surface area contributed by atoms with Gasteiger partial charge in [0.15, 0.2) is 9.84 Å². The molecule has 2 aromatic heterocycles. The molecule has 0 saturated carbocycles. The third kappa shape index (κ3) is 2.91. The van der Waals surface area contributed by atoms with Gasteiger partial charge >= 0.3 is 0 Å². The largest absolute Gasteiger partial charge is 0.439 e. The van der Waals surface area contributed by atoms with E-state index in [1.807, 2.05) is 6.92 Å². The van der Waals surface area contributed by atoms with Gasteiger partial charge in [0.2, 0.25) is 0 Å². The van der Waals surface area contributed by atoms with Crippen molar-refractivity contribution in [2.24, 2.45) is 0 Å². The Morgan fingerprint density at radius 2 is 2.05 bits per heavy atom. The van der Waals surface area contributed by atoms with E-state index >= 15 is 0 Å². The number of sulfone groups is 1. The quantitative estimate of drug-likeness (QED) is 0.685. The number of aromatic nitrogens is 3. The highest BCUT2D eigenvalue weighted by Crippen LogP contribution is 2.31. The lowest BCUT2D eigenvalue weighted by Gasteiger charge is -2.04. The first-order valence-corrected chi connectivity index (χ1v) is 8.69. The summed E-state index contributed by atoms with van der Waals surface area (Å²) in [7, 11) is -3.28. The molecule has 0 aliphatic heterocycles. The van der Waals surface area contributed by atoms with Crippen LogP contribution in [-0.2, 0) is 9.84 Å². The zero-order valence-corrected chi connectivity index (χ0v) is 12.9. The lowest BCUT2D eigenvalue weighted by atomic mass is 10.2. The predicted molar refractivity (Wildman–Crippen MR) is 78.0 cm³/mol. The van der Waals surface area contributed by atoms with Crippen LogP contribution in [0.2, 0.25) is 0 Å². The molecule has 0 unspecified atom stereocenters. The molecule has 108 valence electrons. The summed E-state index contributed by atoms with van der Waals surface area (Å²) in [6.07, 6.45) is 4.15. The number of aryl methyl sites for hydroxylation is 1. The van der Waals surface area contributed by atoms with Crippen LogP contribution in [0.15, 0.2) is 50.4 Å². The van der Waals surface area contributed by atoms with E-state index in [0.717, 1.165) is 5.69 Å². The van der Waals surface area contributed by atoms with Gasteiger partial charge in [-0.3, -0.25) is 0 Å². The highest BCUT2D eigenvalue weighted by atomic mass is 32.2.